The van der Waals surface area contributed by atoms with Crippen LogP contribution in [-0.4, -0.2) is 22.8 Å². The molecule has 6 nitrogen and oxygen atoms in total. The molecule has 0 aliphatic carbocycles. The second kappa shape index (κ2) is 12.4. The molecule has 0 bridgehead atoms. The lowest BCUT2D eigenvalue weighted by Gasteiger charge is -2.04. The summed E-state index contributed by atoms with van der Waals surface area (Å²) in [7, 11) is 0. The third-order valence-corrected chi connectivity index (χ3v) is 4.44. The van der Waals surface area contributed by atoms with E-state index in [-0.39, 0.29) is 11.4 Å². The van der Waals surface area contributed by atoms with E-state index in [0.29, 0.717) is 11.3 Å². The number of carbonyl (C=O) groups is 2. The number of rotatable bonds is 7. The highest BCUT2D eigenvalue weighted by molar-refractivity contribution is 6.09. The van der Waals surface area contributed by atoms with E-state index in [0.717, 1.165) is 17.7 Å². The van der Waals surface area contributed by atoms with Gasteiger partial charge in [-0.05, 0) is 42.8 Å². The van der Waals surface area contributed by atoms with Gasteiger partial charge >= 0.3 is 5.97 Å². The SMILES string of the molecule is CCCCCCC.Cc1cc(C(=O)N=C(N)c2ccc(C(=O)O)c(F)c2)ccc1N. The van der Waals surface area contributed by atoms with Crippen molar-refractivity contribution in [2.75, 3.05) is 5.73 Å². The van der Waals surface area contributed by atoms with Gasteiger partial charge in [0.25, 0.3) is 5.91 Å². The van der Waals surface area contributed by atoms with Gasteiger partial charge in [0, 0.05) is 16.8 Å². The zero-order valence-corrected chi connectivity index (χ0v) is 17.7. The van der Waals surface area contributed by atoms with E-state index in [2.05, 4.69) is 18.8 Å². The van der Waals surface area contributed by atoms with Crippen molar-refractivity contribution in [2.24, 2.45) is 10.7 Å². The number of nitrogens with two attached hydrogens (primary N) is 2. The van der Waals surface area contributed by atoms with Crippen LogP contribution in [0.15, 0.2) is 41.4 Å². The van der Waals surface area contributed by atoms with Crippen molar-refractivity contribution in [2.45, 2.75) is 52.9 Å². The number of aliphatic imine (C=N–C) groups is 1. The van der Waals surface area contributed by atoms with Crippen LogP contribution in [0.25, 0.3) is 0 Å². The highest BCUT2D eigenvalue weighted by atomic mass is 19.1. The summed E-state index contributed by atoms with van der Waals surface area (Å²) in [4.78, 5) is 26.5. The number of unbranched alkanes of at least 4 members (excludes halogenated alkanes) is 4. The molecule has 0 fully saturated rings. The number of halogens is 1. The van der Waals surface area contributed by atoms with E-state index < -0.39 is 23.3 Å². The fourth-order valence-corrected chi connectivity index (χ4v) is 2.57. The summed E-state index contributed by atoms with van der Waals surface area (Å²) in [5, 5.41) is 8.77. The average Bonchev–Trinajstić information content (AvgIpc) is 2.70. The van der Waals surface area contributed by atoms with Crippen LogP contribution in [0.1, 0.15) is 77.8 Å². The molecule has 2 aromatic carbocycles. The van der Waals surface area contributed by atoms with Crippen molar-refractivity contribution < 1.29 is 19.1 Å². The summed E-state index contributed by atoms with van der Waals surface area (Å²) in [6.07, 6.45) is 7.01. The maximum absolute atomic E-state index is 13.6. The number of carbonyl (C=O) groups excluding carboxylic acids is 1. The molecule has 162 valence electrons. The minimum Gasteiger partial charge on any atom is -0.478 e. The van der Waals surface area contributed by atoms with Crippen LogP contribution in [0.2, 0.25) is 0 Å². The minimum atomic E-state index is -1.39. The highest BCUT2D eigenvalue weighted by Crippen LogP contribution is 2.14. The number of nitrogen functional groups attached to an aromatic ring is 1. The number of aromatic carboxylic acids is 1. The number of nitrogens with zero attached hydrogens (tertiary/aromatic N) is 1. The number of aryl methyl sites for hydroxylation is 1. The van der Waals surface area contributed by atoms with E-state index in [1.165, 1.54) is 44.2 Å². The molecule has 0 aliphatic rings. The first-order valence-corrected chi connectivity index (χ1v) is 9.99. The number of hydrogen-bond donors (Lipinski definition) is 3. The molecule has 1 amide bonds. The maximum Gasteiger partial charge on any atom is 0.338 e. The van der Waals surface area contributed by atoms with Gasteiger partial charge in [-0.25, -0.2) is 9.18 Å². The number of benzene rings is 2. The molecule has 0 atom stereocenters. The van der Waals surface area contributed by atoms with E-state index in [4.69, 9.17) is 16.6 Å². The van der Waals surface area contributed by atoms with Crippen LogP contribution >= 0.6 is 0 Å². The molecule has 0 spiro atoms. The van der Waals surface area contributed by atoms with Crippen molar-refractivity contribution in [1.82, 2.24) is 0 Å². The van der Waals surface area contributed by atoms with Crippen LogP contribution < -0.4 is 11.5 Å². The minimum absolute atomic E-state index is 0.119. The standard InChI is InChI=1S/C16H14FN3O3.C7H16/c1-8-6-10(3-5-13(8)18)15(21)20-14(19)9-2-4-11(16(22)23)12(17)7-9;1-3-5-7-6-4-2/h2-7H,18H2,1H3,(H,22,23)(H2,19,20,21);3-7H2,1-2H3. The summed E-state index contributed by atoms with van der Waals surface area (Å²) < 4.78 is 13.6. The van der Waals surface area contributed by atoms with Gasteiger partial charge in [-0.2, -0.15) is 4.99 Å². The summed E-state index contributed by atoms with van der Waals surface area (Å²) in [5.41, 5.74) is 12.6. The van der Waals surface area contributed by atoms with E-state index >= 15 is 0 Å². The van der Waals surface area contributed by atoms with Gasteiger partial charge in [0.15, 0.2) is 0 Å². The number of hydrogen-bond acceptors (Lipinski definition) is 3. The molecule has 0 saturated heterocycles. The van der Waals surface area contributed by atoms with E-state index in [9.17, 15) is 14.0 Å². The largest absolute Gasteiger partial charge is 0.478 e. The van der Waals surface area contributed by atoms with Crippen molar-refractivity contribution in [1.29, 1.82) is 0 Å². The Morgan fingerprint density at radius 2 is 1.60 bits per heavy atom. The fourth-order valence-electron chi connectivity index (χ4n) is 2.57. The van der Waals surface area contributed by atoms with Crippen LogP contribution in [0, 0.1) is 12.7 Å². The Kier molecular flexibility index (Phi) is 10.2. The molecule has 0 saturated carbocycles. The normalized spacial score (nSPS) is 10.9. The Morgan fingerprint density at radius 3 is 2.10 bits per heavy atom. The van der Waals surface area contributed by atoms with Crippen LogP contribution in [-0.2, 0) is 0 Å². The smallest absolute Gasteiger partial charge is 0.338 e. The van der Waals surface area contributed by atoms with Crippen molar-refractivity contribution in [3.8, 4) is 0 Å². The third-order valence-electron chi connectivity index (χ3n) is 4.44. The van der Waals surface area contributed by atoms with Crippen molar-refractivity contribution in [3.05, 3.63) is 64.5 Å². The average molecular weight is 416 g/mol. The predicted octanol–water partition coefficient (Wildman–Crippen LogP) is 4.94. The van der Waals surface area contributed by atoms with Gasteiger partial charge in [-0.1, -0.05) is 52.0 Å². The first-order valence-electron chi connectivity index (χ1n) is 9.99. The highest BCUT2D eigenvalue weighted by Gasteiger charge is 2.13. The summed E-state index contributed by atoms with van der Waals surface area (Å²) >= 11 is 0. The van der Waals surface area contributed by atoms with Gasteiger partial charge in [-0.15, -0.1) is 0 Å². The Hall–Kier alpha value is -3.22. The Bertz CT molecular complexity index is 907. The first-order chi connectivity index (χ1) is 14.2. The van der Waals surface area contributed by atoms with Crippen LogP contribution in [0.4, 0.5) is 10.1 Å². The second-order valence-corrected chi connectivity index (χ2v) is 6.93. The molecule has 2 rings (SSSR count). The molecule has 7 heteroatoms. The zero-order valence-electron chi connectivity index (χ0n) is 17.7. The molecule has 0 heterocycles. The molecule has 0 radical (unpaired) electrons. The summed E-state index contributed by atoms with van der Waals surface area (Å²) in [5.74, 6) is -3.16. The van der Waals surface area contributed by atoms with Gasteiger partial charge in [-0.3, -0.25) is 4.79 Å². The fraction of sp³-hybridized carbons (Fsp3) is 0.348. The number of carboxylic acids is 1. The monoisotopic (exact) mass is 415 g/mol. The van der Waals surface area contributed by atoms with Crippen LogP contribution in [0.5, 0.6) is 0 Å². The van der Waals surface area contributed by atoms with E-state index in [1.54, 1.807) is 19.1 Å². The van der Waals surface area contributed by atoms with Gasteiger partial charge in [0.05, 0.1) is 5.56 Å². The predicted molar refractivity (Wildman–Crippen MR) is 118 cm³/mol. The molecule has 0 unspecified atom stereocenters. The summed E-state index contributed by atoms with van der Waals surface area (Å²) in [6, 6.07) is 7.93. The van der Waals surface area contributed by atoms with Gasteiger partial charge in [0.2, 0.25) is 0 Å². The number of anilines is 1. The van der Waals surface area contributed by atoms with Crippen LogP contribution in [0.3, 0.4) is 0 Å². The Morgan fingerprint density at radius 1 is 1.00 bits per heavy atom. The lowest BCUT2D eigenvalue weighted by atomic mass is 10.1. The number of amidine groups is 1. The number of amides is 1. The Labute approximate surface area is 176 Å². The number of carboxylic acid groups (broad SMARTS) is 1. The quantitative estimate of drug-likeness (QED) is 0.256. The zero-order chi connectivity index (χ0) is 22.7. The van der Waals surface area contributed by atoms with Gasteiger partial charge < -0.3 is 16.6 Å². The Balaban J connectivity index is 0.000000553. The lowest BCUT2D eigenvalue weighted by molar-refractivity contribution is 0.0691. The molecular weight excluding hydrogens is 385 g/mol. The molecule has 0 aromatic heterocycles. The summed E-state index contributed by atoms with van der Waals surface area (Å²) in [6.45, 7) is 6.24. The lowest BCUT2D eigenvalue weighted by Crippen LogP contribution is -2.17. The van der Waals surface area contributed by atoms with Crippen molar-refractivity contribution >= 4 is 23.4 Å². The van der Waals surface area contributed by atoms with E-state index in [1.807, 2.05) is 0 Å². The molecule has 5 N–H and O–H groups in total. The third kappa shape index (κ3) is 7.66. The van der Waals surface area contributed by atoms with Crippen molar-refractivity contribution in [3.63, 3.8) is 0 Å². The molecule has 30 heavy (non-hydrogen) atoms. The molecule has 2 aromatic rings. The van der Waals surface area contributed by atoms with Gasteiger partial charge in [0.1, 0.15) is 11.7 Å². The first kappa shape index (κ1) is 24.8. The second-order valence-electron chi connectivity index (χ2n) is 6.93. The molecule has 0 aliphatic heterocycles. The molecular formula is C23H30FN3O3. The maximum atomic E-state index is 13.6. The topological polar surface area (TPSA) is 119 Å².